The molecule has 0 aromatic heterocycles. The van der Waals surface area contributed by atoms with Gasteiger partial charge in [-0.05, 0) is 19.1 Å². The van der Waals surface area contributed by atoms with Crippen LogP contribution in [0.25, 0.3) is 0 Å². The lowest BCUT2D eigenvalue weighted by molar-refractivity contribution is -0.0553. The molecule has 1 radical (unpaired) electrons. The van der Waals surface area contributed by atoms with Crippen molar-refractivity contribution in [2.24, 2.45) is 0 Å². The summed E-state index contributed by atoms with van der Waals surface area (Å²) in [6.45, 7) is 3.46. The van der Waals surface area contributed by atoms with Gasteiger partial charge in [0.2, 0.25) is 6.29 Å². The van der Waals surface area contributed by atoms with Gasteiger partial charge in [0.25, 0.3) is 0 Å². The van der Waals surface area contributed by atoms with E-state index in [1.54, 1.807) is 12.1 Å². The van der Waals surface area contributed by atoms with Gasteiger partial charge >= 0.3 is 0 Å². The molecule has 1 unspecified atom stereocenters. The average molecular weight is 151 g/mol. The van der Waals surface area contributed by atoms with Crippen LogP contribution in [0.2, 0.25) is 0 Å². The first-order valence-electron chi connectivity index (χ1n) is 3.57. The molecule has 0 heterocycles. The van der Waals surface area contributed by atoms with Gasteiger partial charge in [0, 0.05) is 6.92 Å². The van der Waals surface area contributed by atoms with Crippen LogP contribution in [0.4, 0.5) is 0 Å². The van der Waals surface area contributed by atoms with Crippen LogP contribution in [-0.2, 0) is 5.11 Å². The minimum atomic E-state index is -0.988. The molecular weight excluding hydrogens is 140 g/mol. The second-order valence-corrected chi connectivity index (χ2v) is 2.50. The molecule has 0 aliphatic heterocycles. The summed E-state index contributed by atoms with van der Waals surface area (Å²) in [5.74, 6) is 0.637. The van der Waals surface area contributed by atoms with Gasteiger partial charge in [0.1, 0.15) is 5.75 Å². The van der Waals surface area contributed by atoms with Crippen LogP contribution >= 0.6 is 0 Å². The predicted molar refractivity (Wildman–Crippen MR) is 42.0 cm³/mol. The van der Waals surface area contributed by atoms with Gasteiger partial charge in [0.05, 0.1) is 0 Å². The lowest BCUT2D eigenvalue weighted by atomic mass is 10.2. The number of aryl methyl sites for hydroxylation is 1. The Morgan fingerprint density at radius 1 is 1.27 bits per heavy atom. The largest absolute Gasteiger partial charge is 0.462 e. The number of rotatable bonds is 2. The van der Waals surface area contributed by atoms with Crippen molar-refractivity contribution >= 4 is 0 Å². The molecule has 1 aromatic rings. The summed E-state index contributed by atoms with van der Waals surface area (Å²) in [4.78, 5) is 0. The van der Waals surface area contributed by atoms with Crippen molar-refractivity contribution in [1.29, 1.82) is 0 Å². The minimum absolute atomic E-state index is 0.637. The van der Waals surface area contributed by atoms with E-state index in [2.05, 4.69) is 0 Å². The molecule has 0 fully saturated rings. The SMILES string of the molecule is Cc1ccc(OC(C)[O])cc1. The second kappa shape index (κ2) is 3.39. The topological polar surface area (TPSA) is 29.1 Å². The summed E-state index contributed by atoms with van der Waals surface area (Å²) in [5.41, 5.74) is 1.16. The smallest absolute Gasteiger partial charge is 0.228 e. The van der Waals surface area contributed by atoms with Crippen molar-refractivity contribution in [2.75, 3.05) is 0 Å². The van der Waals surface area contributed by atoms with Gasteiger partial charge in [0.15, 0.2) is 0 Å². The third-order valence-electron chi connectivity index (χ3n) is 1.32. The molecule has 1 atom stereocenters. The number of hydrogen-bond acceptors (Lipinski definition) is 1. The molecule has 1 aromatic carbocycles. The number of ether oxygens (including phenoxy) is 1. The third kappa shape index (κ3) is 2.60. The van der Waals surface area contributed by atoms with Crippen LogP contribution in [0.5, 0.6) is 5.75 Å². The van der Waals surface area contributed by atoms with Crippen molar-refractivity contribution in [3.05, 3.63) is 29.8 Å². The van der Waals surface area contributed by atoms with Crippen LogP contribution in [0.15, 0.2) is 24.3 Å². The minimum Gasteiger partial charge on any atom is -0.462 e. The monoisotopic (exact) mass is 151 g/mol. The molecule has 0 saturated carbocycles. The Morgan fingerprint density at radius 3 is 2.27 bits per heavy atom. The van der Waals surface area contributed by atoms with Crippen molar-refractivity contribution in [3.63, 3.8) is 0 Å². The zero-order valence-corrected chi connectivity index (χ0v) is 6.70. The Balaban J connectivity index is 2.66. The van der Waals surface area contributed by atoms with E-state index in [9.17, 15) is 5.11 Å². The van der Waals surface area contributed by atoms with Crippen LogP contribution in [0.1, 0.15) is 12.5 Å². The normalized spacial score (nSPS) is 12.6. The van der Waals surface area contributed by atoms with Crippen LogP contribution in [0, 0.1) is 6.92 Å². The van der Waals surface area contributed by atoms with E-state index in [4.69, 9.17) is 4.74 Å². The Bertz CT molecular complexity index is 214. The zero-order valence-electron chi connectivity index (χ0n) is 6.70. The first-order chi connectivity index (χ1) is 5.18. The van der Waals surface area contributed by atoms with Crippen LogP contribution in [-0.4, -0.2) is 6.29 Å². The van der Waals surface area contributed by atoms with E-state index in [0.29, 0.717) is 5.75 Å². The molecule has 1 rings (SSSR count). The van der Waals surface area contributed by atoms with Crippen molar-refractivity contribution in [2.45, 2.75) is 20.1 Å². The van der Waals surface area contributed by atoms with Gasteiger partial charge in [-0.1, -0.05) is 17.7 Å². The van der Waals surface area contributed by atoms with E-state index < -0.39 is 6.29 Å². The van der Waals surface area contributed by atoms with Crippen LogP contribution < -0.4 is 4.74 Å². The molecular formula is C9H11O2. The summed E-state index contributed by atoms with van der Waals surface area (Å²) in [5, 5.41) is 10.6. The summed E-state index contributed by atoms with van der Waals surface area (Å²) in [7, 11) is 0. The molecule has 0 spiro atoms. The zero-order chi connectivity index (χ0) is 8.27. The third-order valence-corrected chi connectivity index (χ3v) is 1.32. The standard InChI is InChI=1S/C9H11O2/c1-7-3-5-9(6-4-7)11-8(2)10/h3-6,8H,1-2H3. The summed E-state index contributed by atoms with van der Waals surface area (Å²) < 4.78 is 4.91. The fraction of sp³-hybridized carbons (Fsp3) is 0.333. The average Bonchev–Trinajstić information content (AvgIpc) is 1.93. The van der Waals surface area contributed by atoms with E-state index in [0.717, 1.165) is 5.56 Å². The van der Waals surface area contributed by atoms with E-state index >= 15 is 0 Å². The molecule has 0 N–H and O–H groups in total. The Hall–Kier alpha value is -1.02. The van der Waals surface area contributed by atoms with E-state index in [-0.39, 0.29) is 0 Å². The summed E-state index contributed by atoms with van der Waals surface area (Å²) in [6.07, 6.45) is -0.988. The van der Waals surface area contributed by atoms with Gasteiger partial charge in [-0.25, -0.2) is 0 Å². The van der Waals surface area contributed by atoms with Gasteiger partial charge in [-0.15, -0.1) is 0 Å². The van der Waals surface area contributed by atoms with Gasteiger partial charge in [-0.2, -0.15) is 5.11 Å². The molecule has 2 heteroatoms. The maximum absolute atomic E-state index is 10.6. The lowest BCUT2D eigenvalue weighted by Crippen LogP contribution is -2.07. The molecule has 0 saturated heterocycles. The van der Waals surface area contributed by atoms with Gasteiger partial charge in [-0.3, -0.25) is 0 Å². The van der Waals surface area contributed by atoms with Crippen LogP contribution in [0.3, 0.4) is 0 Å². The second-order valence-electron chi connectivity index (χ2n) is 2.50. The first kappa shape index (κ1) is 8.08. The van der Waals surface area contributed by atoms with Crippen molar-refractivity contribution < 1.29 is 9.84 Å². The van der Waals surface area contributed by atoms with Gasteiger partial charge < -0.3 is 4.74 Å². The highest BCUT2D eigenvalue weighted by atomic mass is 16.6. The highest BCUT2D eigenvalue weighted by molar-refractivity contribution is 5.26. The highest BCUT2D eigenvalue weighted by Crippen LogP contribution is 2.12. The summed E-state index contributed by atoms with van der Waals surface area (Å²) in [6, 6.07) is 7.42. The Kier molecular flexibility index (Phi) is 2.49. The molecule has 2 nitrogen and oxygen atoms in total. The van der Waals surface area contributed by atoms with E-state index in [1.807, 2.05) is 19.1 Å². The molecule has 0 amide bonds. The predicted octanol–water partition coefficient (Wildman–Crippen LogP) is 2.15. The highest BCUT2D eigenvalue weighted by Gasteiger charge is 1.97. The number of hydrogen-bond donors (Lipinski definition) is 0. The maximum atomic E-state index is 10.6. The quantitative estimate of drug-likeness (QED) is 0.595. The fourth-order valence-electron chi connectivity index (χ4n) is 0.808. The molecule has 0 aliphatic carbocycles. The molecule has 0 bridgehead atoms. The first-order valence-corrected chi connectivity index (χ1v) is 3.57. The Labute approximate surface area is 66.4 Å². The molecule has 0 aliphatic rings. The van der Waals surface area contributed by atoms with Crippen molar-refractivity contribution in [1.82, 2.24) is 0 Å². The van der Waals surface area contributed by atoms with E-state index in [1.165, 1.54) is 6.92 Å². The number of benzene rings is 1. The Morgan fingerprint density at radius 2 is 1.82 bits per heavy atom. The maximum Gasteiger partial charge on any atom is 0.228 e. The fourth-order valence-corrected chi connectivity index (χ4v) is 0.808. The lowest BCUT2D eigenvalue weighted by Gasteiger charge is -2.05. The molecule has 11 heavy (non-hydrogen) atoms. The molecule has 59 valence electrons. The summed E-state index contributed by atoms with van der Waals surface area (Å²) >= 11 is 0. The van der Waals surface area contributed by atoms with Crippen molar-refractivity contribution in [3.8, 4) is 5.75 Å².